The molecule has 1 rings (SSSR count). The molecule has 0 radical (unpaired) electrons. The minimum absolute atomic E-state index is 0.410. The van der Waals surface area contributed by atoms with E-state index in [1.54, 1.807) is 20.1 Å². The Labute approximate surface area is 113 Å². The predicted octanol–water partition coefficient (Wildman–Crippen LogP) is 2.05. The number of hydrogen-bond acceptors (Lipinski definition) is 4. The molecular formula is C14H21NO4. The summed E-state index contributed by atoms with van der Waals surface area (Å²) < 4.78 is 10.7. The third-order valence-electron chi connectivity index (χ3n) is 2.76. The first-order valence-corrected chi connectivity index (χ1v) is 6.39. The van der Waals surface area contributed by atoms with Gasteiger partial charge in [0.15, 0.2) is 6.10 Å². The van der Waals surface area contributed by atoms with Crippen molar-refractivity contribution in [3.63, 3.8) is 0 Å². The van der Waals surface area contributed by atoms with Gasteiger partial charge >= 0.3 is 5.97 Å². The molecule has 1 atom stereocenters. The van der Waals surface area contributed by atoms with Crippen LogP contribution in [0.25, 0.3) is 0 Å². The maximum Gasteiger partial charge on any atom is 0.344 e. The first kappa shape index (κ1) is 15.3. The minimum atomic E-state index is -0.959. The minimum Gasteiger partial charge on any atom is -0.497 e. The topological polar surface area (TPSA) is 67.8 Å². The molecule has 1 aromatic carbocycles. The van der Waals surface area contributed by atoms with E-state index in [0.29, 0.717) is 24.5 Å². The van der Waals surface area contributed by atoms with Gasteiger partial charge in [-0.25, -0.2) is 4.79 Å². The highest BCUT2D eigenvalue weighted by Crippen LogP contribution is 2.26. The van der Waals surface area contributed by atoms with Crippen molar-refractivity contribution in [2.24, 2.45) is 0 Å². The zero-order valence-corrected chi connectivity index (χ0v) is 11.6. The van der Waals surface area contributed by atoms with Gasteiger partial charge in [-0.2, -0.15) is 0 Å². The summed E-state index contributed by atoms with van der Waals surface area (Å²) in [6.07, 6.45) is -0.430. The van der Waals surface area contributed by atoms with Crippen LogP contribution in [0.5, 0.6) is 11.5 Å². The first-order valence-electron chi connectivity index (χ1n) is 6.39. The Morgan fingerprint density at radius 1 is 1.42 bits per heavy atom. The zero-order valence-electron chi connectivity index (χ0n) is 11.6. The van der Waals surface area contributed by atoms with Crippen molar-refractivity contribution >= 4 is 5.97 Å². The normalized spacial score (nSPS) is 11.9. The molecule has 5 nitrogen and oxygen atoms in total. The summed E-state index contributed by atoms with van der Waals surface area (Å²) in [5.41, 5.74) is 0.919. The summed E-state index contributed by atoms with van der Waals surface area (Å²) in [7, 11) is 1.57. The highest BCUT2D eigenvalue weighted by Gasteiger charge is 2.18. The Morgan fingerprint density at radius 2 is 2.16 bits per heavy atom. The average molecular weight is 267 g/mol. The van der Waals surface area contributed by atoms with Crippen LogP contribution in [0.4, 0.5) is 0 Å². The smallest absolute Gasteiger partial charge is 0.344 e. The third kappa shape index (κ3) is 4.44. The second kappa shape index (κ2) is 7.63. The predicted molar refractivity (Wildman–Crippen MR) is 72.7 cm³/mol. The quantitative estimate of drug-likeness (QED) is 0.754. The fourth-order valence-electron chi connectivity index (χ4n) is 1.64. The molecule has 2 N–H and O–H groups in total. The molecule has 0 aliphatic carbocycles. The van der Waals surface area contributed by atoms with Crippen molar-refractivity contribution in [2.45, 2.75) is 32.9 Å². The van der Waals surface area contributed by atoms with E-state index in [1.165, 1.54) is 0 Å². The van der Waals surface area contributed by atoms with Crippen LogP contribution in [-0.4, -0.2) is 30.8 Å². The molecule has 0 saturated carbocycles. The number of nitrogens with one attached hydrogen (secondary N) is 1. The lowest BCUT2D eigenvalue weighted by molar-refractivity contribution is -0.145. The molecule has 0 bridgehead atoms. The molecular weight excluding hydrogens is 246 g/mol. The maximum atomic E-state index is 11.0. The molecule has 5 heteroatoms. The van der Waals surface area contributed by atoms with Crippen LogP contribution in [0.15, 0.2) is 18.2 Å². The molecule has 0 aliphatic heterocycles. The monoisotopic (exact) mass is 267 g/mol. The standard InChI is InChI=1S/C14H21NO4/c1-4-12(14(16)17)19-13-8-11(18-3)7-6-10(13)9-15-5-2/h6-8,12,15H,4-5,9H2,1-3H3,(H,16,17). The molecule has 1 unspecified atom stereocenters. The number of carboxylic acid groups (broad SMARTS) is 1. The Bertz CT molecular complexity index is 420. The molecule has 0 fully saturated rings. The molecule has 1 aromatic rings. The molecule has 0 amide bonds. The average Bonchev–Trinajstić information content (AvgIpc) is 2.42. The van der Waals surface area contributed by atoms with Crippen molar-refractivity contribution in [3.8, 4) is 11.5 Å². The van der Waals surface area contributed by atoms with Crippen molar-refractivity contribution < 1.29 is 19.4 Å². The van der Waals surface area contributed by atoms with E-state index < -0.39 is 12.1 Å². The van der Waals surface area contributed by atoms with Crippen LogP contribution in [0.1, 0.15) is 25.8 Å². The molecule has 106 valence electrons. The highest BCUT2D eigenvalue weighted by molar-refractivity contribution is 5.72. The van der Waals surface area contributed by atoms with Crippen molar-refractivity contribution in [3.05, 3.63) is 23.8 Å². The van der Waals surface area contributed by atoms with Crippen molar-refractivity contribution in [1.29, 1.82) is 0 Å². The molecule has 0 aromatic heterocycles. The fraction of sp³-hybridized carbons (Fsp3) is 0.500. The molecule has 0 spiro atoms. The number of benzene rings is 1. The summed E-state index contributed by atoms with van der Waals surface area (Å²) in [5.74, 6) is 0.241. The number of hydrogen-bond donors (Lipinski definition) is 2. The van der Waals surface area contributed by atoms with Crippen LogP contribution in [0.3, 0.4) is 0 Å². The third-order valence-corrected chi connectivity index (χ3v) is 2.76. The van der Waals surface area contributed by atoms with E-state index in [1.807, 2.05) is 19.1 Å². The van der Waals surface area contributed by atoms with Gasteiger partial charge in [0.1, 0.15) is 11.5 Å². The van der Waals surface area contributed by atoms with Gasteiger partial charge in [0.2, 0.25) is 0 Å². The highest BCUT2D eigenvalue weighted by atomic mass is 16.5. The number of rotatable bonds is 8. The lowest BCUT2D eigenvalue weighted by Gasteiger charge is -2.17. The van der Waals surface area contributed by atoms with Gasteiger partial charge in [-0.15, -0.1) is 0 Å². The van der Waals surface area contributed by atoms with Crippen LogP contribution in [0.2, 0.25) is 0 Å². The fourth-order valence-corrected chi connectivity index (χ4v) is 1.64. The van der Waals surface area contributed by atoms with Gasteiger partial charge in [-0.05, 0) is 19.0 Å². The number of methoxy groups -OCH3 is 1. The summed E-state index contributed by atoms with van der Waals surface area (Å²) in [5, 5.41) is 12.3. The van der Waals surface area contributed by atoms with Gasteiger partial charge in [0, 0.05) is 18.2 Å². The molecule has 19 heavy (non-hydrogen) atoms. The van der Waals surface area contributed by atoms with E-state index in [9.17, 15) is 4.79 Å². The molecule has 0 heterocycles. The van der Waals surface area contributed by atoms with E-state index in [4.69, 9.17) is 14.6 Å². The number of ether oxygens (including phenoxy) is 2. The van der Waals surface area contributed by atoms with E-state index in [0.717, 1.165) is 12.1 Å². The second-order valence-corrected chi connectivity index (χ2v) is 4.11. The van der Waals surface area contributed by atoms with Gasteiger partial charge in [-0.1, -0.05) is 19.9 Å². The number of carboxylic acids is 1. The summed E-state index contributed by atoms with van der Waals surface area (Å²) in [4.78, 5) is 11.0. The second-order valence-electron chi connectivity index (χ2n) is 4.11. The molecule has 0 aliphatic rings. The van der Waals surface area contributed by atoms with Gasteiger partial charge in [-0.3, -0.25) is 0 Å². The van der Waals surface area contributed by atoms with Gasteiger partial charge < -0.3 is 19.9 Å². The van der Waals surface area contributed by atoms with Gasteiger partial charge in [0.25, 0.3) is 0 Å². The largest absolute Gasteiger partial charge is 0.497 e. The van der Waals surface area contributed by atoms with Crippen molar-refractivity contribution in [2.75, 3.05) is 13.7 Å². The van der Waals surface area contributed by atoms with Crippen LogP contribution in [0, 0.1) is 0 Å². The van der Waals surface area contributed by atoms with Crippen LogP contribution >= 0.6 is 0 Å². The maximum absolute atomic E-state index is 11.0. The SMILES string of the molecule is CCNCc1ccc(OC)cc1OC(CC)C(=O)O. The first-order chi connectivity index (χ1) is 9.12. The van der Waals surface area contributed by atoms with Crippen LogP contribution < -0.4 is 14.8 Å². The molecule has 0 saturated heterocycles. The Kier molecular flexibility index (Phi) is 6.15. The summed E-state index contributed by atoms with van der Waals surface area (Å²) in [6.45, 7) is 5.26. The summed E-state index contributed by atoms with van der Waals surface area (Å²) >= 11 is 0. The van der Waals surface area contributed by atoms with Crippen molar-refractivity contribution in [1.82, 2.24) is 5.32 Å². The Balaban J connectivity index is 2.95. The lowest BCUT2D eigenvalue weighted by Crippen LogP contribution is -2.26. The zero-order chi connectivity index (χ0) is 14.3. The van der Waals surface area contributed by atoms with Crippen LogP contribution in [-0.2, 0) is 11.3 Å². The number of aliphatic carboxylic acids is 1. The number of carbonyl (C=O) groups is 1. The van der Waals surface area contributed by atoms with E-state index in [2.05, 4.69) is 5.32 Å². The Hall–Kier alpha value is -1.75. The Morgan fingerprint density at radius 3 is 2.68 bits per heavy atom. The van der Waals surface area contributed by atoms with E-state index in [-0.39, 0.29) is 0 Å². The summed E-state index contributed by atoms with van der Waals surface area (Å²) in [6, 6.07) is 5.44. The van der Waals surface area contributed by atoms with Gasteiger partial charge in [0.05, 0.1) is 7.11 Å². The van der Waals surface area contributed by atoms with E-state index >= 15 is 0 Å². The lowest BCUT2D eigenvalue weighted by atomic mass is 10.1.